The minimum atomic E-state index is -0.537. The number of likely N-dealkylation sites (tertiary alicyclic amines) is 1. The predicted molar refractivity (Wildman–Crippen MR) is 172 cm³/mol. The molecule has 9 nitrogen and oxygen atoms in total. The van der Waals surface area contributed by atoms with E-state index in [1.165, 1.54) is 30.9 Å². The fraction of sp³-hybridized carbons (Fsp3) is 0.444. The smallest absolute Gasteiger partial charge is 0.245 e. The van der Waals surface area contributed by atoms with E-state index >= 15 is 0 Å². The number of nitrogens with zero attached hydrogens (tertiary/aromatic N) is 5. The fourth-order valence-electron chi connectivity index (χ4n) is 7.60. The lowest BCUT2D eigenvalue weighted by Crippen LogP contribution is -2.49. The number of rotatable bonds is 7. The van der Waals surface area contributed by atoms with Gasteiger partial charge in [0.15, 0.2) is 5.78 Å². The van der Waals surface area contributed by atoms with Crippen molar-refractivity contribution in [1.29, 1.82) is 0 Å². The molecule has 9 heteroatoms. The van der Waals surface area contributed by atoms with Gasteiger partial charge in [0.05, 0.1) is 11.6 Å². The Morgan fingerprint density at radius 2 is 1.73 bits per heavy atom. The first-order valence-electron chi connectivity index (χ1n) is 16.1. The molecule has 0 radical (unpaired) electrons. The highest BCUT2D eigenvalue weighted by Crippen LogP contribution is 2.59. The van der Waals surface area contributed by atoms with E-state index in [9.17, 15) is 14.4 Å². The van der Waals surface area contributed by atoms with Crippen LogP contribution in [0.25, 0.3) is 22.0 Å². The molecule has 2 aromatic carbocycles. The molecule has 1 N–H and O–H groups in total. The molecule has 4 aromatic rings. The van der Waals surface area contributed by atoms with Crippen LogP contribution in [-0.2, 0) is 29.0 Å². The lowest BCUT2D eigenvalue weighted by atomic mass is 9.89. The Kier molecular flexibility index (Phi) is 7.10. The average molecular weight is 605 g/mol. The number of hydrogen-bond donors (Lipinski definition) is 1. The number of carbonyl (C=O) groups is 3. The Balaban J connectivity index is 1.14. The topological polar surface area (TPSA) is 110 Å². The maximum atomic E-state index is 14.1. The number of aromatic nitrogens is 4. The van der Waals surface area contributed by atoms with E-state index in [0.29, 0.717) is 23.3 Å². The van der Waals surface area contributed by atoms with E-state index in [0.717, 1.165) is 47.0 Å². The fourth-order valence-corrected chi connectivity index (χ4v) is 7.60. The Morgan fingerprint density at radius 1 is 1.00 bits per heavy atom. The molecule has 0 bridgehead atoms. The van der Waals surface area contributed by atoms with Gasteiger partial charge in [0.1, 0.15) is 24.1 Å². The number of aryl methyl sites for hydroxylation is 4. The van der Waals surface area contributed by atoms with Gasteiger partial charge in [-0.15, -0.1) is 0 Å². The molecule has 1 unspecified atom stereocenters. The van der Waals surface area contributed by atoms with Crippen LogP contribution in [0.4, 0.5) is 0 Å². The summed E-state index contributed by atoms with van der Waals surface area (Å²) in [7, 11) is 0. The highest BCUT2D eigenvalue weighted by molar-refractivity contribution is 6.07. The van der Waals surface area contributed by atoms with Gasteiger partial charge in [0.25, 0.3) is 0 Å². The van der Waals surface area contributed by atoms with Gasteiger partial charge >= 0.3 is 0 Å². The van der Waals surface area contributed by atoms with Crippen molar-refractivity contribution in [3.8, 4) is 11.1 Å². The molecule has 1 saturated heterocycles. The molecule has 3 aliphatic rings. The predicted octanol–water partition coefficient (Wildman–Crippen LogP) is 5.45. The summed E-state index contributed by atoms with van der Waals surface area (Å²) in [5, 5.41) is 8.56. The molecule has 2 amide bonds. The zero-order valence-corrected chi connectivity index (χ0v) is 26.7. The quantitative estimate of drug-likeness (QED) is 0.281. The first-order valence-corrected chi connectivity index (χ1v) is 16.1. The van der Waals surface area contributed by atoms with Crippen LogP contribution in [0.3, 0.4) is 0 Å². The molecule has 3 heterocycles. The largest absolute Gasteiger partial charge is 0.348 e. The van der Waals surface area contributed by atoms with E-state index < -0.39 is 6.04 Å². The summed E-state index contributed by atoms with van der Waals surface area (Å²) in [6.45, 7) is 9.42. The lowest BCUT2D eigenvalue weighted by Gasteiger charge is -2.28. The van der Waals surface area contributed by atoms with E-state index in [-0.39, 0.29) is 41.6 Å². The van der Waals surface area contributed by atoms with Crippen molar-refractivity contribution in [3.63, 3.8) is 0 Å². The number of ketones is 1. The van der Waals surface area contributed by atoms with E-state index in [1.54, 1.807) is 22.0 Å². The molecular weight excluding hydrogens is 564 g/mol. The van der Waals surface area contributed by atoms with Crippen molar-refractivity contribution < 1.29 is 14.4 Å². The average Bonchev–Trinajstić information content (AvgIpc) is 3.37. The van der Waals surface area contributed by atoms with Gasteiger partial charge < -0.3 is 10.2 Å². The highest BCUT2D eigenvalue weighted by atomic mass is 16.2. The Morgan fingerprint density at radius 3 is 2.47 bits per heavy atom. The number of carbonyl (C=O) groups excluding carboxylic acids is 3. The summed E-state index contributed by atoms with van der Waals surface area (Å²) in [6.07, 6.45) is 9.72. The van der Waals surface area contributed by atoms with Crippen LogP contribution < -0.4 is 5.32 Å². The second-order valence-corrected chi connectivity index (χ2v) is 13.6. The van der Waals surface area contributed by atoms with Gasteiger partial charge in [0, 0.05) is 36.3 Å². The number of benzene rings is 2. The normalized spacial score (nSPS) is 22.6. The number of nitrogens with one attached hydrogen (secondary N) is 1. The molecule has 4 atom stereocenters. The molecule has 2 aliphatic carbocycles. The van der Waals surface area contributed by atoms with Gasteiger partial charge in [-0.25, -0.2) is 9.97 Å². The van der Waals surface area contributed by atoms with E-state index in [4.69, 9.17) is 0 Å². The minimum Gasteiger partial charge on any atom is -0.348 e. The molecule has 7 rings (SSSR count). The summed E-state index contributed by atoms with van der Waals surface area (Å²) >= 11 is 0. The van der Waals surface area contributed by atoms with E-state index in [1.807, 2.05) is 32.9 Å². The van der Waals surface area contributed by atoms with Gasteiger partial charge in [-0.05, 0) is 105 Å². The van der Waals surface area contributed by atoms with Crippen molar-refractivity contribution in [2.24, 2.45) is 5.41 Å². The maximum absolute atomic E-state index is 14.1. The molecular formula is C36H40N6O3. The standard InChI is InChI=1S/C36H40N6O3/c1-20-12-27(28-17-37-23(4)38-18-28)14-29-33(22(3)43)40-41(34(20)29)19-32(44)42-30(15-36(5)16-31(36)42)35(45)39-21(2)25-11-10-24-8-6-7-9-26(24)13-25/h10-14,17-18,21,30-31H,6-9,15-16,19H2,1-5H3,(H,39,45)/t21?,30-,31+,36-/m0/s1. The summed E-state index contributed by atoms with van der Waals surface area (Å²) in [4.78, 5) is 51.0. The number of Topliss-reactive ketones (excluding diaryl/α,β-unsaturated/α-hetero) is 1. The summed E-state index contributed by atoms with van der Waals surface area (Å²) in [5.74, 6) is 0.240. The third kappa shape index (κ3) is 5.22. The zero-order chi connectivity index (χ0) is 31.6. The molecule has 1 aliphatic heterocycles. The van der Waals surface area contributed by atoms with Crippen LogP contribution >= 0.6 is 0 Å². The Hall–Kier alpha value is -4.40. The molecule has 0 spiro atoms. The second kappa shape index (κ2) is 10.9. The van der Waals surface area contributed by atoms with Crippen molar-refractivity contribution in [1.82, 2.24) is 30.0 Å². The first kappa shape index (κ1) is 29.3. The van der Waals surface area contributed by atoms with Crippen molar-refractivity contribution in [2.45, 2.75) is 97.8 Å². The SMILES string of the molecule is CC(=O)c1nn(CC(=O)N2[C@H](C(=O)NC(C)c3ccc4c(c3)CCCC4)C[C@@]3(C)C[C@@H]23)c2c(C)cc(-c3cnc(C)nc3)cc12. The van der Waals surface area contributed by atoms with Gasteiger partial charge in [-0.1, -0.05) is 25.1 Å². The summed E-state index contributed by atoms with van der Waals surface area (Å²) < 4.78 is 1.64. The van der Waals surface area contributed by atoms with E-state index in [2.05, 4.69) is 45.5 Å². The number of amides is 2. The molecule has 232 valence electrons. The van der Waals surface area contributed by atoms with Crippen LogP contribution in [0.15, 0.2) is 42.7 Å². The van der Waals surface area contributed by atoms with Crippen molar-refractivity contribution in [2.75, 3.05) is 0 Å². The van der Waals surface area contributed by atoms with Crippen LogP contribution in [0.5, 0.6) is 0 Å². The number of fused-ring (bicyclic) bond motifs is 3. The van der Waals surface area contributed by atoms with Crippen LogP contribution in [0.1, 0.15) is 91.1 Å². The Bertz CT molecular complexity index is 1860. The highest BCUT2D eigenvalue weighted by Gasteiger charge is 2.64. The summed E-state index contributed by atoms with van der Waals surface area (Å²) in [5.41, 5.74) is 7.52. The first-order chi connectivity index (χ1) is 21.5. The van der Waals surface area contributed by atoms with Crippen LogP contribution in [0, 0.1) is 19.3 Å². The summed E-state index contributed by atoms with van der Waals surface area (Å²) in [6, 6.07) is 9.84. The Labute approximate surface area is 263 Å². The van der Waals surface area contributed by atoms with Gasteiger partial charge in [-0.3, -0.25) is 19.1 Å². The number of piperidine rings is 1. The van der Waals surface area contributed by atoms with Crippen LogP contribution in [0.2, 0.25) is 0 Å². The maximum Gasteiger partial charge on any atom is 0.245 e. The van der Waals surface area contributed by atoms with Crippen LogP contribution in [-0.4, -0.2) is 54.3 Å². The van der Waals surface area contributed by atoms with Gasteiger partial charge in [-0.2, -0.15) is 5.10 Å². The third-order valence-electron chi connectivity index (χ3n) is 10.2. The lowest BCUT2D eigenvalue weighted by molar-refractivity contribution is -0.140. The zero-order valence-electron chi connectivity index (χ0n) is 26.7. The van der Waals surface area contributed by atoms with Crippen molar-refractivity contribution >= 4 is 28.5 Å². The third-order valence-corrected chi connectivity index (χ3v) is 10.2. The van der Waals surface area contributed by atoms with Crippen molar-refractivity contribution in [3.05, 3.63) is 76.5 Å². The van der Waals surface area contributed by atoms with Gasteiger partial charge in [0.2, 0.25) is 11.8 Å². The number of hydrogen-bond acceptors (Lipinski definition) is 6. The molecule has 1 saturated carbocycles. The molecule has 2 fully saturated rings. The molecule has 2 aromatic heterocycles. The second-order valence-electron chi connectivity index (χ2n) is 13.6. The molecule has 45 heavy (non-hydrogen) atoms. The minimum absolute atomic E-state index is 0.0307. The monoisotopic (exact) mass is 604 g/mol.